The normalized spacial score (nSPS) is 32.6. The van der Waals surface area contributed by atoms with Gasteiger partial charge in [0.2, 0.25) is 0 Å². The predicted octanol–water partition coefficient (Wildman–Crippen LogP) is 2.57. The van der Waals surface area contributed by atoms with Crippen molar-refractivity contribution in [2.45, 2.75) is 18.0 Å². The van der Waals surface area contributed by atoms with Crippen LogP contribution in [0.1, 0.15) is 17.5 Å². The summed E-state index contributed by atoms with van der Waals surface area (Å²) in [4.78, 5) is 0. The summed E-state index contributed by atoms with van der Waals surface area (Å²) in [5.41, 5.74) is -0.203. The van der Waals surface area contributed by atoms with Crippen LogP contribution in [0.4, 0.5) is 13.2 Å². The van der Waals surface area contributed by atoms with Crippen LogP contribution < -0.4 is 5.32 Å². The summed E-state index contributed by atoms with van der Waals surface area (Å²) < 4.78 is 38.6. The average molecular weight is 227 g/mol. The van der Waals surface area contributed by atoms with Crippen molar-refractivity contribution in [3.8, 4) is 0 Å². The van der Waals surface area contributed by atoms with E-state index in [0.29, 0.717) is 18.0 Å². The smallest absolute Gasteiger partial charge is 0.316 e. The first-order valence-electron chi connectivity index (χ1n) is 5.41. The lowest BCUT2D eigenvalue weighted by Crippen LogP contribution is -2.22. The quantitative estimate of drug-likeness (QED) is 0.777. The van der Waals surface area contributed by atoms with Gasteiger partial charge in [-0.2, -0.15) is 13.2 Å². The third kappa shape index (κ3) is 1.29. The van der Waals surface area contributed by atoms with E-state index in [1.165, 1.54) is 12.1 Å². The molecule has 1 aromatic rings. The van der Waals surface area contributed by atoms with E-state index in [4.69, 9.17) is 0 Å². The molecule has 0 aromatic heterocycles. The molecule has 1 saturated carbocycles. The lowest BCUT2D eigenvalue weighted by atomic mass is 9.90. The first-order chi connectivity index (χ1) is 7.54. The van der Waals surface area contributed by atoms with Crippen molar-refractivity contribution >= 4 is 0 Å². The molecule has 2 fully saturated rings. The van der Waals surface area contributed by atoms with Gasteiger partial charge in [0, 0.05) is 12.0 Å². The van der Waals surface area contributed by atoms with Gasteiger partial charge in [-0.1, -0.05) is 18.2 Å². The van der Waals surface area contributed by atoms with Gasteiger partial charge in [0.15, 0.2) is 0 Å². The number of hydrogen-bond donors (Lipinski definition) is 1. The van der Waals surface area contributed by atoms with Crippen LogP contribution in [0.15, 0.2) is 24.3 Å². The maximum absolute atomic E-state index is 12.9. The van der Waals surface area contributed by atoms with Gasteiger partial charge in [-0.3, -0.25) is 0 Å². The van der Waals surface area contributed by atoms with Crippen LogP contribution in [-0.4, -0.2) is 13.1 Å². The SMILES string of the molecule is FC(F)(F)c1ccccc1[C@@]12CNC[C@@H]1C2. The number of benzene rings is 1. The van der Waals surface area contributed by atoms with Gasteiger partial charge in [-0.15, -0.1) is 0 Å². The minimum atomic E-state index is -4.24. The summed E-state index contributed by atoms with van der Waals surface area (Å²) in [7, 11) is 0. The van der Waals surface area contributed by atoms with E-state index in [2.05, 4.69) is 5.32 Å². The van der Waals surface area contributed by atoms with E-state index in [0.717, 1.165) is 13.0 Å². The van der Waals surface area contributed by atoms with Gasteiger partial charge >= 0.3 is 6.18 Å². The van der Waals surface area contributed by atoms with E-state index in [1.54, 1.807) is 12.1 Å². The summed E-state index contributed by atoms with van der Waals surface area (Å²) in [5, 5.41) is 3.17. The zero-order chi connectivity index (χ0) is 11.4. The van der Waals surface area contributed by atoms with Crippen LogP contribution in [0.2, 0.25) is 0 Å². The molecule has 2 atom stereocenters. The minimum absolute atomic E-state index is 0.230. The van der Waals surface area contributed by atoms with Gasteiger partial charge in [-0.25, -0.2) is 0 Å². The predicted molar refractivity (Wildman–Crippen MR) is 54.1 cm³/mol. The molecule has 4 heteroatoms. The monoisotopic (exact) mass is 227 g/mol. The Morgan fingerprint density at radius 1 is 1.25 bits per heavy atom. The highest BCUT2D eigenvalue weighted by Gasteiger charge is 2.60. The second-order valence-corrected chi connectivity index (χ2v) is 4.73. The molecule has 0 spiro atoms. The van der Waals surface area contributed by atoms with E-state index in [-0.39, 0.29) is 5.41 Å². The molecule has 0 unspecified atom stereocenters. The Morgan fingerprint density at radius 3 is 2.56 bits per heavy atom. The number of fused-ring (bicyclic) bond motifs is 1. The zero-order valence-electron chi connectivity index (χ0n) is 8.64. The molecule has 1 saturated heterocycles. The Morgan fingerprint density at radius 2 is 2.00 bits per heavy atom. The van der Waals surface area contributed by atoms with Crippen molar-refractivity contribution in [3.05, 3.63) is 35.4 Å². The molecular weight excluding hydrogens is 215 g/mol. The molecule has 0 bridgehead atoms. The van der Waals surface area contributed by atoms with Gasteiger partial charge in [0.1, 0.15) is 0 Å². The van der Waals surface area contributed by atoms with Crippen LogP contribution >= 0.6 is 0 Å². The molecule has 1 nitrogen and oxygen atoms in total. The third-order valence-corrected chi connectivity index (χ3v) is 3.83. The Hall–Kier alpha value is -1.03. The first-order valence-corrected chi connectivity index (χ1v) is 5.41. The van der Waals surface area contributed by atoms with E-state index >= 15 is 0 Å². The lowest BCUT2D eigenvalue weighted by molar-refractivity contribution is -0.138. The Balaban J connectivity index is 2.08. The molecule has 1 aromatic carbocycles. The van der Waals surface area contributed by atoms with Crippen LogP contribution in [0, 0.1) is 5.92 Å². The summed E-state index contributed by atoms with van der Waals surface area (Å²) in [6.07, 6.45) is -3.34. The van der Waals surface area contributed by atoms with Crippen molar-refractivity contribution in [2.24, 2.45) is 5.92 Å². The number of hydrogen-bond acceptors (Lipinski definition) is 1. The van der Waals surface area contributed by atoms with Gasteiger partial charge in [-0.05, 0) is 30.5 Å². The molecule has 2 aliphatic rings. The standard InChI is InChI=1S/C12H12F3N/c13-12(14,15)10-4-2-1-3-9(10)11-5-8(11)6-16-7-11/h1-4,8,16H,5-7H2/t8-,11-/m0/s1. The van der Waals surface area contributed by atoms with Crippen LogP contribution in [0.25, 0.3) is 0 Å². The molecule has 1 aliphatic carbocycles. The molecule has 3 rings (SSSR count). The molecule has 0 amide bonds. The molecule has 16 heavy (non-hydrogen) atoms. The summed E-state index contributed by atoms with van der Waals surface area (Å²) in [6.45, 7) is 1.54. The second-order valence-electron chi connectivity index (χ2n) is 4.73. The topological polar surface area (TPSA) is 12.0 Å². The van der Waals surface area contributed by atoms with Crippen molar-refractivity contribution in [1.29, 1.82) is 0 Å². The highest BCUT2D eigenvalue weighted by Crippen LogP contribution is 2.58. The summed E-state index contributed by atoms with van der Waals surface area (Å²) in [5.74, 6) is 0.399. The number of halogens is 3. The Bertz CT molecular complexity index is 427. The molecule has 0 radical (unpaired) electrons. The van der Waals surface area contributed by atoms with E-state index in [9.17, 15) is 13.2 Å². The number of rotatable bonds is 1. The van der Waals surface area contributed by atoms with Crippen LogP contribution in [0.5, 0.6) is 0 Å². The van der Waals surface area contributed by atoms with E-state index < -0.39 is 11.7 Å². The Labute approximate surface area is 91.7 Å². The third-order valence-electron chi connectivity index (χ3n) is 3.83. The van der Waals surface area contributed by atoms with Gasteiger partial charge < -0.3 is 5.32 Å². The highest BCUT2D eigenvalue weighted by atomic mass is 19.4. The van der Waals surface area contributed by atoms with Crippen molar-refractivity contribution in [2.75, 3.05) is 13.1 Å². The van der Waals surface area contributed by atoms with E-state index in [1.807, 2.05) is 0 Å². The van der Waals surface area contributed by atoms with Crippen LogP contribution in [0.3, 0.4) is 0 Å². The molecule has 1 N–H and O–H groups in total. The van der Waals surface area contributed by atoms with Crippen LogP contribution in [-0.2, 0) is 11.6 Å². The fourth-order valence-corrected chi connectivity index (χ4v) is 2.92. The second kappa shape index (κ2) is 3.00. The summed E-state index contributed by atoms with van der Waals surface area (Å²) in [6, 6.07) is 5.99. The maximum Gasteiger partial charge on any atom is 0.416 e. The number of alkyl halides is 3. The molecular formula is C12H12F3N. The van der Waals surface area contributed by atoms with Crippen molar-refractivity contribution in [3.63, 3.8) is 0 Å². The van der Waals surface area contributed by atoms with Crippen molar-refractivity contribution < 1.29 is 13.2 Å². The fraction of sp³-hybridized carbons (Fsp3) is 0.500. The highest BCUT2D eigenvalue weighted by molar-refractivity contribution is 5.43. The molecule has 1 heterocycles. The zero-order valence-corrected chi connectivity index (χ0v) is 8.64. The maximum atomic E-state index is 12.9. The largest absolute Gasteiger partial charge is 0.416 e. The number of piperidine rings is 1. The molecule has 86 valence electrons. The summed E-state index contributed by atoms with van der Waals surface area (Å²) >= 11 is 0. The number of nitrogens with one attached hydrogen (secondary N) is 1. The Kier molecular flexibility index (Phi) is 1.90. The fourth-order valence-electron chi connectivity index (χ4n) is 2.92. The first kappa shape index (κ1) is 10.1. The lowest BCUT2D eigenvalue weighted by Gasteiger charge is -2.19. The molecule has 1 aliphatic heterocycles. The minimum Gasteiger partial charge on any atom is -0.316 e. The average Bonchev–Trinajstić information content (AvgIpc) is 2.81. The van der Waals surface area contributed by atoms with Gasteiger partial charge in [0.05, 0.1) is 5.56 Å². The van der Waals surface area contributed by atoms with Crippen molar-refractivity contribution in [1.82, 2.24) is 5.32 Å². The van der Waals surface area contributed by atoms with Gasteiger partial charge in [0.25, 0.3) is 0 Å².